The number of hydrogen-bond donors (Lipinski definition) is 1. The van der Waals surface area contributed by atoms with Crippen molar-refractivity contribution < 1.29 is 9.72 Å². The maximum Gasteiger partial charge on any atom is 0.270 e. The fourth-order valence-electron chi connectivity index (χ4n) is 1.56. The van der Waals surface area contributed by atoms with Crippen molar-refractivity contribution in [1.82, 2.24) is 9.78 Å². The molecule has 0 atom stereocenters. The molecule has 0 fully saturated rings. The second-order valence-corrected chi connectivity index (χ2v) is 4.05. The van der Waals surface area contributed by atoms with Gasteiger partial charge in [0, 0.05) is 37.5 Å². The Hall–Kier alpha value is -2.96. The molecule has 2 aromatic rings. The van der Waals surface area contributed by atoms with Gasteiger partial charge < -0.3 is 5.32 Å². The number of benzene rings is 1. The van der Waals surface area contributed by atoms with Crippen LogP contribution in [0.15, 0.2) is 42.6 Å². The molecule has 0 spiro atoms. The van der Waals surface area contributed by atoms with Crippen molar-refractivity contribution in [3.8, 4) is 0 Å². The van der Waals surface area contributed by atoms with Gasteiger partial charge in [-0.2, -0.15) is 5.10 Å². The molecule has 1 aromatic carbocycles. The Morgan fingerprint density at radius 2 is 2.25 bits per heavy atom. The van der Waals surface area contributed by atoms with Gasteiger partial charge in [-0.25, -0.2) is 0 Å². The summed E-state index contributed by atoms with van der Waals surface area (Å²) in [6.45, 7) is 0. The van der Waals surface area contributed by atoms with Crippen molar-refractivity contribution >= 4 is 23.5 Å². The van der Waals surface area contributed by atoms with Gasteiger partial charge >= 0.3 is 0 Å². The van der Waals surface area contributed by atoms with Crippen LogP contribution in [0.4, 0.5) is 11.5 Å². The SMILES string of the molecule is Cn1ccc(NC(=O)/C=C/c2cccc([N+](=O)[O-])c2)n1. The predicted molar refractivity (Wildman–Crippen MR) is 74.0 cm³/mol. The average molecular weight is 272 g/mol. The summed E-state index contributed by atoms with van der Waals surface area (Å²) in [6, 6.07) is 7.70. The summed E-state index contributed by atoms with van der Waals surface area (Å²) in [5.41, 5.74) is 0.563. The van der Waals surface area contributed by atoms with E-state index >= 15 is 0 Å². The second kappa shape index (κ2) is 5.79. The highest BCUT2D eigenvalue weighted by atomic mass is 16.6. The Labute approximate surface area is 114 Å². The smallest absolute Gasteiger partial charge is 0.270 e. The van der Waals surface area contributed by atoms with E-state index in [4.69, 9.17) is 0 Å². The Morgan fingerprint density at radius 1 is 1.45 bits per heavy atom. The van der Waals surface area contributed by atoms with Crippen molar-refractivity contribution in [3.63, 3.8) is 0 Å². The number of nitrogens with zero attached hydrogens (tertiary/aromatic N) is 3. The van der Waals surface area contributed by atoms with Gasteiger partial charge in [-0.05, 0) is 11.6 Å². The first kappa shape index (κ1) is 13.5. The quantitative estimate of drug-likeness (QED) is 0.523. The zero-order valence-electron chi connectivity index (χ0n) is 10.7. The van der Waals surface area contributed by atoms with Crippen LogP contribution in [0.3, 0.4) is 0 Å². The number of rotatable bonds is 4. The molecule has 0 unspecified atom stereocenters. The summed E-state index contributed by atoms with van der Waals surface area (Å²) in [7, 11) is 1.74. The largest absolute Gasteiger partial charge is 0.306 e. The lowest BCUT2D eigenvalue weighted by atomic mass is 10.2. The van der Waals surface area contributed by atoms with E-state index in [1.807, 2.05) is 0 Å². The number of nitro groups is 1. The molecule has 0 aliphatic heterocycles. The van der Waals surface area contributed by atoms with Crippen LogP contribution in [0.2, 0.25) is 0 Å². The van der Waals surface area contributed by atoms with Crippen molar-refractivity contribution in [2.45, 2.75) is 0 Å². The zero-order valence-corrected chi connectivity index (χ0v) is 10.7. The van der Waals surface area contributed by atoms with Crippen molar-refractivity contribution in [1.29, 1.82) is 0 Å². The van der Waals surface area contributed by atoms with E-state index in [0.29, 0.717) is 11.4 Å². The van der Waals surface area contributed by atoms with Gasteiger partial charge in [0.15, 0.2) is 5.82 Å². The number of anilines is 1. The number of aryl methyl sites for hydroxylation is 1. The van der Waals surface area contributed by atoms with Crippen LogP contribution >= 0.6 is 0 Å². The van der Waals surface area contributed by atoms with Gasteiger partial charge in [-0.1, -0.05) is 12.1 Å². The van der Waals surface area contributed by atoms with Crippen LogP contribution in [-0.4, -0.2) is 20.6 Å². The van der Waals surface area contributed by atoms with Crippen LogP contribution in [0.25, 0.3) is 6.08 Å². The van der Waals surface area contributed by atoms with E-state index in [1.165, 1.54) is 24.3 Å². The van der Waals surface area contributed by atoms with Gasteiger partial charge in [-0.3, -0.25) is 19.6 Å². The second-order valence-electron chi connectivity index (χ2n) is 4.05. The van der Waals surface area contributed by atoms with Crippen LogP contribution in [0, 0.1) is 10.1 Å². The highest BCUT2D eigenvalue weighted by Crippen LogP contribution is 2.14. The zero-order chi connectivity index (χ0) is 14.5. The summed E-state index contributed by atoms with van der Waals surface area (Å²) in [4.78, 5) is 21.8. The third-order valence-corrected chi connectivity index (χ3v) is 2.47. The molecule has 1 heterocycles. The minimum atomic E-state index is -0.481. The molecular weight excluding hydrogens is 260 g/mol. The number of nitrogens with one attached hydrogen (secondary N) is 1. The van der Waals surface area contributed by atoms with Crippen molar-refractivity contribution in [2.75, 3.05) is 5.32 Å². The number of nitro benzene ring substituents is 1. The molecule has 0 radical (unpaired) electrons. The first-order chi connectivity index (χ1) is 9.54. The Kier molecular flexibility index (Phi) is 3.90. The third kappa shape index (κ3) is 3.52. The first-order valence-corrected chi connectivity index (χ1v) is 5.78. The lowest BCUT2D eigenvalue weighted by molar-refractivity contribution is -0.384. The first-order valence-electron chi connectivity index (χ1n) is 5.78. The number of aromatic nitrogens is 2. The Bertz CT molecular complexity index is 676. The maximum atomic E-state index is 11.6. The van der Waals surface area contributed by atoms with E-state index in [9.17, 15) is 14.9 Å². The van der Waals surface area contributed by atoms with Gasteiger partial charge in [-0.15, -0.1) is 0 Å². The van der Waals surface area contributed by atoms with Crippen LogP contribution in [-0.2, 0) is 11.8 Å². The summed E-state index contributed by atoms with van der Waals surface area (Å²) >= 11 is 0. The van der Waals surface area contributed by atoms with Gasteiger partial charge in [0.05, 0.1) is 4.92 Å². The molecule has 7 heteroatoms. The fraction of sp³-hybridized carbons (Fsp3) is 0.0769. The molecule has 0 bridgehead atoms. The number of carbonyl (C=O) groups excluding carboxylic acids is 1. The van der Waals surface area contributed by atoms with Crippen LogP contribution < -0.4 is 5.32 Å². The molecule has 7 nitrogen and oxygen atoms in total. The van der Waals surface area contributed by atoms with E-state index in [1.54, 1.807) is 36.1 Å². The molecule has 2 rings (SSSR count). The molecule has 20 heavy (non-hydrogen) atoms. The summed E-state index contributed by atoms with van der Waals surface area (Å²) < 4.78 is 1.57. The van der Waals surface area contributed by atoms with Crippen molar-refractivity contribution in [2.24, 2.45) is 7.05 Å². The number of non-ortho nitro benzene ring substituents is 1. The lowest BCUT2D eigenvalue weighted by Crippen LogP contribution is -2.08. The van der Waals surface area contributed by atoms with E-state index in [0.717, 1.165) is 0 Å². The molecule has 1 aromatic heterocycles. The minimum Gasteiger partial charge on any atom is -0.306 e. The predicted octanol–water partition coefficient (Wildman–Crippen LogP) is 1.98. The molecule has 1 amide bonds. The normalized spacial score (nSPS) is 10.7. The lowest BCUT2D eigenvalue weighted by Gasteiger charge is -1.97. The maximum absolute atomic E-state index is 11.6. The Morgan fingerprint density at radius 3 is 2.90 bits per heavy atom. The van der Waals surface area contributed by atoms with E-state index in [-0.39, 0.29) is 11.6 Å². The average Bonchev–Trinajstić information content (AvgIpc) is 2.82. The number of hydrogen-bond acceptors (Lipinski definition) is 4. The molecule has 0 aliphatic carbocycles. The van der Waals surface area contributed by atoms with Crippen LogP contribution in [0.5, 0.6) is 0 Å². The fourth-order valence-corrected chi connectivity index (χ4v) is 1.56. The monoisotopic (exact) mass is 272 g/mol. The molecular formula is C13H12N4O3. The number of amides is 1. The summed E-state index contributed by atoms with van der Waals surface area (Å²) in [5.74, 6) is 0.0939. The number of carbonyl (C=O) groups is 1. The standard InChI is InChI=1S/C13H12N4O3/c1-16-8-7-12(15-16)14-13(18)6-5-10-3-2-4-11(9-10)17(19)20/h2-9H,1H3,(H,14,15,18)/b6-5+. The molecule has 1 N–H and O–H groups in total. The molecule has 0 saturated heterocycles. The van der Waals surface area contributed by atoms with E-state index in [2.05, 4.69) is 10.4 Å². The minimum absolute atomic E-state index is 0.0164. The van der Waals surface area contributed by atoms with Crippen molar-refractivity contribution in [3.05, 3.63) is 58.3 Å². The van der Waals surface area contributed by atoms with Crippen LogP contribution in [0.1, 0.15) is 5.56 Å². The molecule has 0 aliphatic rings. The van der Waals surface area contributed by atoms with Gasteiger partial charge in [0.2, 0.25) is 5.91 Å². The summed E-state index contributed by atoms with van der Waals surface area (Å²) in [5, 5.41) is 17.2. The highest BCUT2D eigenvalue weighted by Gasteiger charge is 2.04. The Balaban J connectivity index is 2.03. The van der Waals surface area contributed by atoms with Gasteiger partial charge in [0.1, 0.15) is 0 Å². The highest BCUT2D eigenvalue weighted by molar-refractivity contribution is 6.01. The van der Waals surface area contributed by atoms with Gasteiger partial charge in [0.25, 0.3) is 5.69 Å². The molecule has 102 valence electrons. The summed E-state index contributed by atoms with van der Waals surface area (Å²) in [6.07, 6.45) is 4.51. The third-order valence-electron chi connectivity index (χ3n) is 2.47. The molecule has 0 saturated carbocycles. The topological polar surface area (TPSA) is 90.1 Å². The van der Waals surface area contributed by atoms with E-state index < -0.39 is 4.92 Å².